The number of carbonyl (C=O) groups excluding carboxylic acids is 2. The molecule has 1 aromatic carbocycles. The maximum absolute atomic E-state index is 13.8. The first-order valence-electron chi connectivity index (χ1n) is 7.92. The van der Waals surface area contributed by atoms with Crippen LogP contribution >= 0.6 is 0 Å². The molecule has 0 spiro atoms. The fourth-order valence-corrected chi connectivity index (χ4v) is 3.25. The molecule has 0 aliphatic carbocycles. The van der Waals surface area contributed by atoms with Crippen LogP contribution < -0.4 is 5.73 Å². The van der Waals surface area contributed by atoms with Gasteiger partial charge in [0.1, 0.15) is 17.1 Å². The molecule has 0 saturated carbocycles. The number of halogens is 1. The zero-order valence-electron chi connectivity index (χ0n) is 13.9. The number of benzene rings is 1. The Bertz CT molecular complexity index is 802. The van der Waals surface area contributed by atoms with Crippen LogP contribution in [-0.4, -0.2) is 60.7 Å². The van der Waals surface area contributed by atoms with Crippen molar-refractivity contribution in [2.45, 2.75) is 12.0 Å². The van der Waals surface area contributed by atoms with Crippen LogP contribution in [0, 0.1) is 5.82 Å². The Hall–Kier alpha value is -2.45. The summed E-state index contributed by atoms with van der Waals surface area (Å²) < 4.78 is 24.7. The van der Waals surface area contributed by atoms with E-state index in [-0.39, 0.29) is 37.8 Å². The highest BCUT2D eigenvalue weighted by molar-refractivity contribution is 5.98. The molecule has 1 fully saturated rings. The Morgan fingerprint density at radius 3 is 2.96 bits per heavy atom. The summed E-state index contributed by atoms with van der Waals surface area (Å²) in [5, 5.41) is 0.622. The SMILES string of the molecule is COC[C@]1(CC(N)=O)CN(C(=O)c2cc3cccc(F)c3[nH]2)CCO1. The van der Waals surface area contributed by atoms with Crippen molar-refractivity contribution in [3.8, 4) is 0 Å². The number of amides is 2. The van der Waals surface area contributed by atoms with Crippen molar-refractivity contribution in [1.29, 1.82) is 0 Å². The van der Waals surface area contributed by atoms with Gasteiger partial charge >= 0.3 is 0 Å². The topological polar surface area (TPSA) is 97.6 Å². The molecule has 7 nitrogen and oxygen atoms in total. The maximum atomic E-state index is 13.8. The molecule has 1 aliphatic rings. The molecular weight excluding hydrogens is 329 g/mol. The largest absolute Gasteiger partial charge is 0.382 e. The number of rotatable bonds is 5. The van der Waals surface area contributed by atoms with E-state index in [1.165, 1.54) is 13.2 Å². The Balaban J connectivity index is 1.85. The van der Waals surface area contributed by atoms with Crippen LogP contribution in [0.25, 0.3) is 10.9 Å². The van der Waals surface area contributed by atoms with Gasteiger partial charge in [-0.15, -0.1) is 0 Å². The third-order valence-corrected chi connectivity index (χ3v) is 4.28. The van der Waals surface area contributed by atoms with Gasteiger partial charge in [-0.1, -0.05) is 12.1 Å². The predicted molar refractivity (Wildman–Crippen MR) is 88.5 cm³/mol. The van der Waals surface area contributed by atoms with E-state index in [1.54, 1.807) is 23.1 Å². The normalized spacial score (nSPS) is 20.8. The predicted octanol–water partition coefficient (Wildman–Crippen LogP) is 1.04. The number of morpholine rings is 1. The average Bonchev–Trinajstić information content (AvgIpc) is 2.99. The van der Waals surface area contributed by atoms with Gasteiger partial charge in [-0.2, -0.15) is 0 Å². The number of primary amides is 1. The number of nitrogens with one attached hydrogen (secondary N) is 1. The first-order valence-corrected chi connectivity index (χ1v) is 7.92. The molecule has 3 rings (SSSR count). The number of fused-ring (bicyclic) bond motifs is 1. The minimum absolute atomic E-state index is 0.0497. The van der Waals surface area contributed by atoms with Gasteiger partial charge < -0.3 is 25.1 Å². The number of nitrogens with zero attached hydrogens (tertiary/aromatic N) is 1. The zero-order chi connectivity index (χ0) is 18.0. The Morgan fingerprint density at radius 1 is 1.48 bits per heavy atom. The first-order chi connectivity index (χ1) is 11.9. The van der Waals surface area contributed by atoms with Crippen molar-refractivity contribution in [2.24, 2.45) is 5.73 Å². The van der Waals surface area contributed by atoms with Crippen LogP contribution in [0.1, 0.15) is 16.9 Å². The lowest BCUT2D eigenvalue weighted by molar-refractivity contribution is -0.148. The molecule has 3 N–H and O–H groups in total. The molecule has 1 aliphatic heterocycles. The van der Waals surface area contributed by atoms with Gasteiger partial charge in [0.15, 0.2) is 0 Å². The Labute approximate surface area is 143 Å². The van der Waals surface area contributed by atoms with E-state index in [1.807, 2.05) is 0 Å². The third kappa shape index (κ3) is 3.49. The first kappa shape index (κ1) is 17.4. The molecule has 2 heterocycles. The van der Waals surface area contributed by atoms with Crippen molar-refractivity contribution < 1.29 is 23.5 Å². The summed E-state index contributed by atoms with van der Waals surface area (Å²) in [4.78, 5) is 28.6. The number of carbonyl (C=O) groups is 2. The van der Waals surface area contributed by atoms with Gasteiger partial charge in [-0.3, -0.25) is 9.59 Å². The number of hydrogen-bond acceptors (Lipinski definition) is 4. The lowest BCUT2D eigenvalue weighted by Gasteiger charge is -2.41. The van der Waals surface area contributed by atoms with Crippen molar-refractivity contribution in [2.75, 3.05) is 33.4 Å². The van der Waals surface area contributed by atoms with E-state index >= 15 is 0 Å². The summed E-state index contributed by atoms with van der Waals surface area (Å²) in [5.74, 6) is -1.23. The average molecular weight is 349 g/mol. The van der Waals surface area contributed by atoms with Crippen LogP contribution in [0.4, 0.5) is 4.39 Å². The Morgan fingerprint density at radius 2 is 2.28 bits per heavy atom. The standard InChI is InChI=1S/C17H20FN3O4/c1-24-10-17(8-14(19)22)9-21(5-6-25-17)16(23)13-7-11-3-2-4-12(18)15(11)20-13/h2-4,7,20H,5-6,8-10H2,1H3,(H2,19,22)/t17-/m0/s1. The molecule has 1 saturated heterocycles. The number of H-pyrrole nitrogens is 1. The molecule has 2 amide bonds. The van der Waals surface area contributed by atoms with Gasteiger partial charge in [0.2, 0.25) is 5.91 Å². The second-order valence-corrected chi connectivity index (χ2v) is 6.22. The summed E-state index contributed by atoms with van der Waals surface area (Å²) in [6, 6.07) is 6.26. The van der Waals surface area contributed by atoms with Crippen LogP contribution in [0.3, 0.4) is 0 Å². The highest BCUT2D eigenvalue weighted by Crippen LogP contribution is 2.25. The molecule has 8 heteroatoms. The number of aromatic amines is 1. The maximum Gasteiger partial charge on any atom is 0.270 e. The van der Waals surface area contributed by atoms with E-state index in [9.17, 15) is 14.0 Å². The summed E-state index contributed by atoms with van der Waals surface area (Å²) in [5.41, 5.74) is 4.92. The number of para-hydroxylation sites is 1. The molecule has 25 heavy (non-hydrogen) atoms. The van der Waals surface area contributed by atoms with Crippen molar-refractivity contribution >= 4 is 22.7 Å². The van der Waals surface area contributed by atoms with Crippen molar-refractivity contribution in [3.05, 3.63) is 35.8 Å². The van der Waals surface area contributed by atoms with Crippen molar-refractivity contribution in [3.63, 3.8) is 0 Å². The van der Waals surface area contributed by atoms with Crippen LogP contribution in [0.15, 0.2) is 24.3 Å². The van der Waals surface area contributed by atoms with E-state index < -0.39 is 17.3 Å². The van der Waals surface area contributed by atoms with Gasteiger partial charge in [0.05, 0.1) is 31.7 Å². The molecule has 0 bridgehead atoms. The van der Waals surface area contributed by atoms with E-state index in [0.717, 1.165) is 0 Å². The van der Waals surface area contributed by atoms with Crippen LogP contribution in [0.2, 0.25) is 0 Å². The second-order valence-electron chi connectivity index (χ2n) is 6.22. The van der Waals surface area contributed by atoms with E-state index in [2.05, 4.69) is 4.98 Å². The highest BCUT2D eigenvalue weighted by Gasteiger charge is 2.40. The molecule has 134 valence electrons. The molecule has 0 unspecified atom stereocenters. The summed E-state index contributed by atoms with van der Waals surface area (Å²) in [6.45, 7) is 0.930. The van der Waals surface area contributed by atoms with Crippen molar-refractivity contribution in [1.82, 2.24) is 9.88 Å². The van der Waals surface area contributed by atoms with E-state index in [4.69, 9.17) is 15.2 Å². The minimum atomic E-state index is -0.967. The molecular formula is C17H20FN3O4. The van der Waals surface area contributed by atoms with Crippen LogP contribution in [-0.2, 0) is 14.3 Å². The smallest absolute Gasteiger partial charge is 0.270 e. The Kier molecular flexibility index (Phi) is 4.73. The van der Waals surface area contributed by atoms with Gasteiger partial charge in [0.25, 0.3) is 5.91 Å². The van der Waals surface area contributed by atoms with E-state index in [0.29, 0.717) is 17.4 Å². The second kappa shape index (κ2) is 6.81. The lowest BCUT2D eigenvalue weighted by atomic mass is 9.97. The highest BCUT2D eigenvalue weighted by atomic mass is 19.1. The third-order valence-electron chi connectivity index (χ3n) is 4.28. The number of aromatic nitrogens is 1. The number of nitrogens with two attached hydrogens (primary N) is 1. The lowest BCUT2D eigenvalue weighted by Crippen LogP contribution is -2.57. The zero-order valence-corrected chi connectivity index (χ0v) is 13.9. The fraction of sp³-hybridized carbons (Fsp3) is 0.412. The van der Waals surface area contributed by atoms with Crippen LogP contribution in [0.5, 0.6) is 0 Å². The monoisotopic (exact) mass is 349 g/mol. The van der Waals surface area contributed by atoms with Gasteiger partial charge in [0, 0.05) is 19.0 Å². The molecule has 0 radical (unpaired) electrons. The minimum Gasteiger partial charge on any atom is -0.382 e. The molecule has 1 aromatic heterocycles. The summed E-state index contributed by atoms with van der Waals surface area (Å²) in [7, 11) is 1.49. The van der Waals surface area contributed by atoms with Gasteiger partial charge in [-0.05, 0) is 12.1 Å². The molecule has 1 atom stereocenters. The number of ether oxygens (including phenoxy) is 2. The quantitative estimate of drug-likeness (QED) is 0.843. The number of methoxy groups -OCH3 is 1. The number of hydrogen-bond donors (Lipinski definition) is 2. The summed E-state index contributed by atoms with van der Waals surface area (Å²) in [6.07, 6.45) is -0.0497. The summed E-state index contributed by atoms with van der Waals surface area (Å²) >= 11 is 0. The van der Waals surface area contributed by atoms with Gasteiger partial charge in [-0.25, -0.2) is 4.39 Å². The molecule has 2 aromatic rings. The fourth-order valence-electron chi connectivity index (χ4n) is 3.25.